The minimum absolute atomic E-state index is 0.0710. The summed E-state index contributed by atoms with van der Waals surface area (Å²) in [5, 5.41) is 9.43. The minimum atomic E-state index is -0.275. The summed E-state index contributed by atoms with van der Waals surface area (Å²) in [5.41, 5.74) is 0. The lowest BCUT2D eigenvalue weighted by Crippen LogP contribution is -2.48. The third-order valence-electron chi connectivity index (χ3n) is 3.63. The summed E-state index contributed by atoms with van der Waals surface area (Å²) in [7, 11) is 0. The average molecular weight is 322 g/mol. The number of hydrogen-bond donors (Lipinski definition) is 1. The van der Waals surface area contributed by atoms with Crippen LogP contribution in [0.25, 0.3) is 0 Å². The first-order chi connectivity index (χ1) is 10.6. The van der Waals surface area contributed by atoms with Crippen molar-refractivity contribution in [1.82, 2.24) is 15.0 Å². The van der Waals surface area contributed by atoms with Crippen molar-refractivity contribution in [3.8, 4) is 0 Å². The molecule has 2 aromatic rings. The maximum atomic E-state index is 12.3. The SMILES string of the molecule is Cc1cc(NC(=O)[C@@H](C)N2CCO[C@H](c3nccs3)C2)no1. The quantitative estimate of drug-likeness (QED) is 0.925. The number of thiazole rings is 1. The van der Waals surface area contributed by atoms with E-state index < -0.39 is 0 Å². The van der Waals surface area contributed by atoms with Crippen molar-refractivity contribution in [2.75, 3.05) is 25.0 Å². The number of hydrogen-bond acceptors (Lipinski definition) is 7. The first-order valence-corrected chi connectivity index (χ1v) is 8.00. The van der Waals surface area contributed by atoms with Crippen LogP contribution in [0.2, 0.25) is 0 Å². The Balaban J connectivity index is 1.61. The standard InChI is InChI=1S/C14H18N4O3S/c1-9-7-12(17-21-9)16-13(19)10(2)18-4-5-20-11(8-18)14-15-3-6-22-14/h3,6-7,10-11H,4-5,8H2,1-2H3,(H,16,17,19)/t10-,11+/m1/s1. The van der Waals surface area contributed by atoms with E-state index in [0.29, 0.717) is 31.3 Å². The molecule has 0 spiro atoms. The van der Waals surface area contributed by atoms with E-state index >= 15 is 0 Å². The molecule has 0 radical (unpaired) electrons. The van der Waals surface area contributed by atoms with Gasteiger partial charge in [-0.3, -0.25) is 9.69 Å². The lowest BCUT2D eigenvalue weighted by molar-refractivity contribution is -0.124. The molecule has 3 heterocycles. The number of nitrogens with one attached hydrogen (secondary N) is 1. The lowest BCUT2D eigenvalue weighted by Gasteiger charge is -2.35. The molecule has 22 heavy (non-hydrogen) atoms. The van der Waals surface area contributed by atoms with Gasteiger partial charge in [0.15, 0.2) is 5.82 Å². The molecule has 118 valence electrons. The summed E-state index contributed by atoms with van der Waals surface area (Å²) in [5.74, 6) is 1.00. The van der Waals surface area contributed by atoms with Crippen LogP contribution < -0.4 is 5.32 Å². The molecule has 1 aliphatic rings. The molecule has 1 saturated heterocycles. The van der Waals surface area contributed by atoms with E-state index in [0.717, 1.165) is 5.01 Å². The van der Waals surface area contributed by atoms with Crippen LogP contribution >= 0.6 is 11.3 Å². The molecular weight excluding hydrogens is 304 g/mol. The molecule has 0 aromatic carbocycles. The van der Waals surface area contributed by atoms with E-state index in [4.69, 9.17) is 9.26 Å². The van der Waals surface area contributed by atoms with Crippen molar-refractivity contribution >= 4 is 23.1 Å². The van der Waals surface area contributed by atoms with Crippen molar-refractivity contribution in [3.63, 3.8) is 0 Å². The van der Waals surface area contributed by atoms with E-state index in [2.05, 4.69) is 20.4 Å². The van der Waals surface area contributed by atoms with Gasteiger partial charge >= 0.3 is 0 Å². The maximum Gasteiger partial charge on any atom is 0.242 e. The van der Waals surface area contributed by atoms with Crippen molar-refractivity contribution in [2.24, 2.45) is 0 Å². The number of carbonyl (C=O) groups is 1. The van der Waals surface area contributed by atoms with Gasteiger partial charge in [0.05, 0.1) is 12.6 Å². The molecular formula is C14H18N4O3S. The van der Waals surface area contributed by atoms with Crippen LogP contribution in [0.15, 0.2) is 22.2 Å². The second kappa shape index (κ2) is 6.55. The van der Waals surface area contributed by atoms with Gasteiger partial charge in [-0.1, -0.05) is 5.16 Å². The number of anilines is 1. The average Bonchev–Trinajstić information content (AvgIpc) is 3.18. The predicted molar refractivity (Wildman–Crippen MR) is 81.7 cm³/mol. The number of morpholine rings is 1. The summed E-state index contributed by atoms with van der Waals surface area (Å²) >= 11 is 1.57. The van der Waals surface area contributed by atoms with E-state index in [1.807, 2.05) is 12.3 Å². The molecule has 2 aromatic heterocycles. The molecule has 0 saturated carbocycles. The van der Waals surface area contributed by atoms with Gasteiger partial charge in [0.1, 0.15) is 16.9 Å². The molecule has 0 bridgehead atoms. The van der Waals surface area contributed by atoms with Gasteiger partial charge in [-0.05, 0) is 13.8 Å². The summed E-state index contributed by atoms with van der Waals surface area (Å²) in [4.78, 5) is 18.7. The molecule has 3 rings (SSSR count). The Morgan fingerprint density at radius 3 is 3.14 bits per heavy atom. The molecule has 0 aliphatic carbocycles. The van der Waals surface area contributed by atoms with Crippen LogP contribution in [-0.2, 0) is 9.53 Å². The number of ether oxygens (including phenoxy) is 1. The van der Waals surface area contributed by atoms with Crippen LogP contribution in [0.1, 0.15) is 23.8 Å². The lowest BCUT2D eigenvalue weighted by atomic mass is 10.2. The summed E-state index contributed by atoms with van der Waals surface area (Å²) in [6.45, 7) is 5.62. The monoisotopic (exact) mass is 322 g/mol. The Morgan fingerprint density at radius 2 is 2.45 bits per heavy atom. The van der Waals surface area contributed by atoms with Crippen LogP contribution in [0.5, 0.6) is 0 Å². The zero-order valence-corrected chi connectivity index (χ0v) is 13.3. The molecule has 0 unspecified atom stereocenters. The summed E-state index contributed by atoms with van der Waals surface area (Å²) < 4.78 is 10.7. The van der Waals surface area contributed by atoms with Crippen molar-refractivity contribution in [2.45, 2.75) is 26.0 Å². The number of nitrogens with zero attached hydrogens (tertiary/aromatic N) is 3. The second-order valence-electron chi connectivity index (χ2n) is 5.21. The fraction of sp³-hybridized carbons (Fsp3) is 0.500. The van der Waals surface area contributed by atoms with Crippen molar-refractivity contribution in [3.05, 3.63) is 28.4 Å². The van der Waals surface area contributed by atoms with Crippen LogP contribution in [0, 0.1) is 6.92 Å². The number of aryl methyl sites for hydroxylation is 1. The molecule has 1 N–H and O–H groups in total. The van der Waals surface area contributed by atoms with E-state index in [1.165, 1.54) is 0 Å². The maximum absolute atomic E-state index is 12.3. The van der Waals surface area contributed by atoms with Gasteiger partial charge in [-0.15, -0.1) is 11.3 Å². The minimum Gasteiger partial charge on any atom is -0.368 e. The number of aromatic nitrogens is 2. The highest BCUT2D eigenvalue weighted by atomic mass is 32.1. The van der Waals surface area contributed by atoms with Gasteiger partial charge in [0.2, 0.25) is 5.91 Å². The second-order valence-corrected chi connectivity index (χ2v) is 6.14. The van der Waals surface area contributed by atoms with Gasteiger partial charge in [-0.25, -0.2) is 4.98 Å². The first kappa shape index (κ1) is 15.1. The highest BCUT2D eigenvalue weighted by molar-refractivity contribution is 7.09. The van der Waals surface area contributed by atoms with Gasteiger partial charge < -0.3 is 14.6 Å². The Bertz CT molecular complexity index is 628. The molecule has 8 heteroatoms. The molecule has 1 amide bonds. The van der Waals surface area contributed by atoms with Gasteiger partial charge in [-0.2, -0.15) is 0 Å². The predicted octanol–water partition coefficient (Wildman–Crippen LogP) is 1.84. The Hall–Kier alpha value is -1.77. The number of amides is 1. The normalized spacial score (nSPS) is 20.7. The summed E-state index contributed by atoms with van der Waals surface area (Å²) in [6, 6.07) is 1.42. The number of carbonyl (C=O) groups excluding carboxylic acids is 1. The smallest absolute Gasteiger partial charge is 0.242 e. The first-order valence-electron chi connectivity index (χ1n) is 7.12. The molecule has 2 atom stereocenters. The summed E-state index contributed by atoms with van der Waals surface area (Å²) in [6.07, 6.45) is 1.70. The molecule has 7 nitrogen and oxygen atoms in total. The van der Waals surface area contributed by atoms with Crippen LogP contribution in [0.3, 0.4) is 0 Å². The highest BCUT2D eigenvalue weighted by Gasteiger charge is 2.30. The molecule has 1 aliphatic heterocycles. The van der Waals surface area contributed by atoms with Crippen molar-refractivity contribution in [1.29, 1.82) is 0 Å². The van der Waals surface area contributed by atoms with Crippen LogP contribution in [-0.4, -0.2) is 46.7 Å². The zero-order chi connectivity index (χ0) is 15.5. The van der Waals surface area contributed by atoms with Gasteiger partial charge in [0.25, 0.3) is 0 Å². The van der Waals surface area contributed by atoms with Crippen molar-refractivity contribution < 1.29 is 14.1 Å². The largest absolute Gasteiger partial charge is 0.368 e. The third kappa shape index (κ3) is 3.34. The van der Waals surface area contributed by atoms with Gasteiger partial charge in [0, 0.05) is 30.7 Å². The fourth-order valence-electron chi connectivity index (χ4n) is 2.39. The Morgan fingerprint density at radius 1 is 1.59 bits per heavy atom. The van der Waals surface area contributed by atoms with E-state index in [1.54, 1.807) is 30.5 Å². The zero-order valence-electron chi connectivity index (χ0n) is 12.5. The van der Waals surface area contributed by atoms with E-state index in [-0.39, 0.29) is 18.1 Å². The topological polar surface area (TPSA) is 80.5 Å². The third-order valence-corrected chi connectivity index (χ3v) is 4.50. The fourth-order valence-corrected chi connectivity index (χ4v) is 3.06. The Labute approximate surface area is 132 Å². The number of rotatable bonds is 4. The Kier molecular flexibility index (Phi) is 4.51. The highest BCUT2D eigenvalue weighted by Crippen LogP contribution is 2.25. The molecule has 1 fully saturated rings. The van der Waals surface area contributed by atoms with E-state index in [9.17, 15) is 4.79 Å². The van der Waals surface area contributed by atoms with Crippen LogP contribution in [0.4, 0.5) is 5.82 Å².